The van der Waals surface area contributed by atoms with Crippen LogP contribution < -0.4 is 18.9 Å². The maximum atomic E-state index is 13.5. The van der Waals surface area contributed by atoms with Gasteiger partial charge >= 0.3 is 0 Å². The Morgan fingerprint density at radius 1 is 1.05 bits per heavy atom. The molecule has 7 nitrogen and oxygen atoms in total. The van der Waals surface area contributed by atoms with Crippen molar-refractivity contribution in [1.29, 1.82) is 0 Å². The molecular formula is C31H30N2O5. The fourth-order valence-corrected chi connectivity index (χ4v) is 5.41. The summed E-state index contributed by atoms with van der Waals surface area (Å²) >= 11 is 0. The number of Topliss-reactive ketones (excluding diaryl/α,β-unsaturated/α-hetero) is 1. The number of hydrogen-bond donors (Lipinski definition) is 0. The number of fused-ring (bicyclic) bond motifs is 3. The molecule has 3 aromatic carbocycles. The van der Waals surface area contributed by atoms with E-state index < -0.39 is 0 Å². The Morgan fingerprint density at radius 3 is 2.71 bits per heavy atom. The van der Waals surface area contributed by atoms with Gasteiger partial charge in [-0.15, -0.1) is 0 Å². The van der Waals surface area contributed by atoms with Crippen LogP contribution in [-0.4, -0.2) is 42.7 Å². The highest BCUT2D eigenvalue weighted by Gasteiger charge is 2.33. The molecule has 0 aliphatic carbocycles. The van der Waals surface area contributed by atoms with Gasteiger partial charge in [-0.2, -0.15) is 0 Å². The molecule has 0 saturated heterocycles. The lowest BCUT2D eigenvalue weighted by molar-refractivity contribution is 0.0952. The lowest BCUT2D eigenvalue weighted by atomic mass is 9.99. The first-order valence-corrected chi connectivity index (χ1v) is 12.7. The average Bonchev–Trinajstić information content (AvgIpc) is 3.43. The van der Waals surface area contributed by atoms with Gasteiger partial charge < -0.3 is 23.5 Å². The number of ketones is 1. The first-order valence-electron chi connectivity index (χ1n) is 12.7. The number of benzene rings is 3. The van der Waals surface area contributed by atoms with Crippen LogP contribution >= 0.6 is 0 Å². The van der Waals surface area contributed by atoms with Gasteiger partial charge in [0.25, 0.3) is 0 Å². The topological polar surface area (TPSA) is 62.2 Å². The Balaban J connectivity index is 1.26. The van der Waals surface area contributed by atoms with Gasteiger partial charge in [0.1, 0.15) is 29.7 Å². The highest BCUT2D eigenvalue weighted by Crippen LogP contribution is 2.43. The molecule has 0 radical (unpaired) electrons. The van der Waals surface area contributed by atoms with Gasteiger partial charge in [0.15, 0.2) is 5.76 Å². The van der Waals surface area contributed by atoms with Crippen LogP contribution in [0.5, 0.6) is 23.0 Å². The van der Waals surface area contributed by atoms with Crippen LogP contribution in [0.15, 0.2) is 60.5 Å². The molecule has 0 saturated carbocycles. The van der Waals surface area contributed by atoms with Crippen molar-refractivity contribution in [3.63, 3.8) is 0 Å². The zero-order valence-corrected chi connectivity index (χ0v) is 22.0. The Hall–Kier alpha value is -4.23. The minimum absolute atomic E-state index is 0.114. The van der Waals surface area contributed by atoms with Gasteiger partial charge in [0.05, 0.1) is 19.8 Å². The van der Waals surface area contributed by atoms with Crippen molar-refractivity contribution in [3.8, 4) is 23.0 Å². The largest absolute Gasteiger partial charge is 0.497 e. The maximum absolute atomic E-state index is 13.5. The summed E-state index contributed by atoms with van der Waals surface area (Å²) in [5, 5.41) is 0.997. The molecule has 0 spiro atoms. The second-order valence-electron chi connectivity index (χ2n) is 9.77. The van der Waals surface area contributed by atoms with E-state index in [2.05, 4.69) is 11.0 Å². The summed E-state index contributed by atoms with van der Waals surface area (Å²) in [5.41, 5.74) is 5.56. The van der Waals surface area contributed by atoms with E-state index >= 15 is 0 Å². The number of aromatic nitrogens is 1. The Bertz CT molecular complexity index is 1600. The molecule has 7 heteroatoms. The molecule has 2 aliphatic heterocycles. The summed E-state index contributed by atoms with van der Waals surface area (Å²) < 4.78 is 25.3. The van der Waals surface area contributed by atoms with Crippen LogP contribution in [0.2, 0.25) is 0 Å². The predicted octanol–water partition coefficient (Wildman–Crippen LogP) is 5.51. The minimum atomic E-state index is -0.114. The van der Waals surface area contributed by atoms with Crippen LogP contribution in [0, 0.1) is 6.92 Å². The molecule has 6 rings (SSSR count). The molecule has 0 N–H and O–H groups in total. The van der Waals surface area contributed by atoms with Gasteiger partial charge in [-0.3, -0.25) is 9.69 Å². The zero-order chi connectivity index (χ0) is 26.4. The number of aryl methyl sites for hydroxylation is 1. The predicted molar refractivity (Wildman–Crippen MR) is 146 cm³/mol. The number of carbonyl (C=O) groups is 1. The Morgan fingerprint density at radius 2 is 1.89 bits per heavy atom. The van der Waals surface area contributed by atoms with E-state index in [1.54, 1.807) is 14.2 Å². The number of rotatable bonds is 6. The minimum Gasteiger partial charge on any atom is -0.497 e. The third-order valence-electron chi connectivity index (χ3n) is 7.41. The van der Waals surface area contributed by atoms with E-state index in [0.29, 0.717) is 30.3 Å². The molecule has 2 aliphatic rings. The van der Waals surface area contributed by atoms with E-state index in [1.165, 1.54) is 0 Å². The normalized spacial score (nSPS) is 15.8. The molecule has 38 heavy (non-hydrogen) atoms. The van der Waals surface area contributed by atoms with Crippen LogP contribution in [0.4, 0.5) is 0 Å². The van der Waals surface area contributed by atoms with Crippen molar-refractivity contribution in [3.05, 3.63) is 88.3 Å². The van der Waals surface area contributed by atoms with Gasteiger partial charge in [0.2, 0.25) is 5.78 Å². The third kappa shape index (κ3) is 4.09. The molecule has 1 aromatic heterocycles. The van der Waals surface area contributed by atoms with E-state index in [1.807, 2.05) is 73.3 Å². The van der Waals surface area contributed by atoms with Crippen LogP contribution in [-0.2, 0) is 20.0 Å². The fourth-order valence-electron chi connectivity index (χ4n) is 5.41. The molecule has 4 aromatic rings. The summed E-state index contributed by atoms with van der Waals surface area (Å²) in [6.07, 6.45) is 4.66. The van der Waals surface area contributed by atoms with Crippen molar-refractivity contribution >= 4 is 22.8 Å². The van der Waals surface area contributed by atoms with Gasteiger partial charge in [-0.1, -0.05) is 18.2 Å². The number of hydrogen-bond acceptors (Lipinski definition) is 6. The number of allylic oxidation sites excluding steroid dienone is 1. The first-order chi connectivity index (χ1) is 18.5. The summed E-state index contributed by atoms with van der Waals surface area (Å²) in [5.74, 6) is 3.25. The van der Waals surface area contributed by atoms with Gasteiger partial charge in [-0.05, 0) is 55.3 Å². The molecule has 3 heterocycles. The van der Waals surface area contributed by atoms with E-state index in [9.17, 15) is 4.79 Å². The quantitative estimate of drug-likeness (QED) is 0.319. The SMILES string of the molecule is COc1ccc2c(c1)c(/C=C1\Oc3c(cc4c(c3C)OCN(CCc3ccccc3OC)C4)C1=O)cn2C. The lowest BCUT2D eigenvalue weighted by Crippen LogP contribution is -2.34. The summed E-state index contributed by atoms with van der Waals surface area (Å²) in [6, 6.07) is 15.9. The monoisotopic (exact) mass is 510 g/mol. The first kappa shape index (κ1) is 24.1. The molecule has 0 bridgehead atoms. The summed E-state index contributed by atoms with van der Waals surface area (Å²) in [6.45, 7) is 3.96. The molecule has 0 amide bonds. The second kappa shape index (κ2) is 9.58. The molecular weight excluding hydrogens is 480 g/mol. The van der Waals surface area contributed by atoms with E-state index in [0.717, 1.165) is 63.4 Å². The van der Waals surface area contributed by atoms with Crippen molar-refractivity contribution < 1.29 is 23.7 Å². The van der Waals surface area contributed by atoms with Crippen molar-refractivity contribution in [1.82, 2.24) is 9.47 Å². The molecule has 0 unspecified atom stereocenters. The van der Waals surface area contributed by atoms with Crippen LogP contribution in [0.3, 0.4) is 0 Å². The highest BCUT2D eigenvalue weighted by atomic mass is 16.5. The Kier molecular flexibility index (Phi) is 6.08. The average molecular weight is 511 g/mol. The third-order valence-corrected chi connectivity index (χ3v) is 7.41. The fraction of sp³-hybridized carbons (Fsp3) is 0.258. The standard InChI is InChI=1S/C31H30N2O5/c1-19-30-22(17-33(18-37-30)12-11-20-7-5-6-8-27(20)36-4)13-25-29(34)28(38-31(19)25)14-21-16-32(2)26-10-9-23(35-3)15-24(21)26/h5-10,13-16H,11-12,17-18H2,1-4H3/b28-14-. The number of carbonyl (C=O) groups excluding carboxylic acids is 1. The summed E-state index contributed by atoms with van der Waals surface area (Å²) in [4.78, 5) is 15.7. The highest BCUT2D eigenvalue weighted by molar-refractivity contribution is 6.15. The Labute approximate surface area is 221 Å². The zero-order valence-electron chi connectivity index (χ0n) is 22.0. The van der Waals surface area contributed by atoms with Crippen molar-refractivity contribution in [2.75, 3.05) is 27.5 Å². The lowest BCUT2D eigenvalue weighted by Gasteiger charge is -2.30. The van der Waals surface area contributed by atoms with Gasteiger partial charge in [0, 0.05) is 53.9 Å². The van der Waals surface area contributed by atoms with E-state index in [4.69, 9.17) is 18.9 Å². The van der Waals surface area contributed by atoms with Crippen LogP contribution in [0.25, 0.3) is 17.0 Å². The second-order valence-corrected chi connectivity index (χ2v) is 9.77. The number of methoxy groups -OCH3 is 2. The summed E-state index contributed by atoms with van der Waals surface area (Å²) in [7, 11) is 5.33. The molecule has 194 valence electrons. The van der Waals surface area contributed by atoms with E-state index in [-0.39, 0.29) is 5.78 Å². The van der Waals surface area contributed by atoms with Gasteiger partial charge in [-0.25, -0.2) is 0 Å². The smallest absolute Gasteiger partial charge is 0.231 e. The molecule has 0 fully saturated rings. The van der Waals surface area contributed by atoms with Crippen molar-refractivity contribution in [2.24, 2.45) is 7.05 Å². The number of ether oxygens (including phenoxy) is 4. The number of nitrogens with zero attached hydrogens (tertiary/aromatic N) is 2. The van der Waals surface area contributed by atoms with Crippen molar-refractivity contribution in [2.45, 2.75) is 19.9 Å². The van der Waals surface area contributed by atoms with Crippen LogP contribution in [0.1, 0.15) is 32.6 Å². The number of para-hydroxylation sites is 1. The molecule has 0 atom stereocenters. The maximum Gasteiger partial charge on any atom is 0.231 e.